The van der Waals surface area contributed by atoms with E-state index in [4.69, 9.17) is 10.5 Å². The Hall–Kier alpha value is -1.27. The standard InChI is InChI=1S/C12H20N2O3S/c1-4-10-9-11(5-6-12(10)17-3)14(2)18(15,16)8-7-13/h5-6,9H,4,7-8,13H2,1-3H3. The Kier molecular flexibility index (Phi) is 4.98. The third kappa shape index (κ3) is 3.14. The van der Waals surface area contributed by atoms with E-state index in [1.54, 1.807) is 19.2 Å². The van der Waals surface area contributed by atoms with Gasteiger partial charge in [0.1, 0.15) is 5.75 Å². The normalized spacial score (nSPS) is 11.3. The van der Waals surface area contributed by atoms with Gasteiger partial charge in [-0.2, -0.15) is 0 Å². The topological polar surface area (TPSA) is 72.6 Å². The second-order valence-corrected chi connectivity index (χ2v) is 6.04. The van der Waals surface area contributed by atoms with Crippen molar-refractivity contribution in [2.45, 2.75) is 13.3 Å². The zero-order chi connectivity index (χ0) is 13.8. The number of anilines is 1. The number of rotatable bonds is 6. The molecule has 1 rings (SSSR count). The van der Waals surface area contributed by atoms with Gasteiger partial charge >= 0.3 is 0 Å². The van der Waals surface area contributed by atoms with Gasteiger partial charge in [-0.25, -0.2) is 8.42 Å². The van der Waals surface area contributed by atoms with Crippen molar-refractivity contribution < 1.29 is 13.2 Å². The third-order valence-electron chi connectivity index (χ3n) is 2.80. The molecule has 102 valence electrons. The number of aryl methyl sites for hydroxylation is 1. The minimum absolute atomic E-state index is 0.0585. The van der Waals surface area contributed by atoms with Gasteiger partial charge in [0.15, 0.2) is 0 Å². The second-order valence-electron chi connectivity index (χ2n) is 3.92. The lowest BCUT2D eigenvalue weighted by Gasteiger charge is -2.20. The molecule has 0 aliphatic carbocycles. The molecule has 0 aromatic heterocycles. The number of ether oxygens (including phenoxy) is 1. The molecule has 6 heteroatoms. The van der Waals surface area contributed by atoms with Gasteiger partial charge in [-0.05, 0) is 30.2 Å². The van der Waals surface area contributed by atoms with Crippen LogP contribution in [0.5, 0.6) is 5.75 Å². The summed E-state index contributed by atoms with van der Waals surface area (Å²) in [5.41, 5.74) is 6.91. The highest BCUT2D eigenvalue weighted by molar-refractivity contribution is 7.92. The lowest BCUT2D eigenvalue weighted by atomic mass is 10.1. The molecule has 0 radical (unpaired) electrons. The first-order valence-corrected chi connectivity index (χ1v) is 7.40. The minimum Gasteiger partial charge on any atom is -0.496 e. The summed E-state index contributed by atoms with van der Waals surface area (Å²) in [7, 11) is -0.206. The molecule has 0 fully saturated rings. The number of sulfonamides is 1. The van der Waals surface area contributed by atoms with Gasteiger partial charge in [-0.1, -0.05) is 6.92 Å². The maximum Gasteiger partial charge on any atom is 0.236 e. The second kappa shape index (κ2) is 6.06. The van der Waals surface area contributed by atoms with Crippen molar-refractivity contribution in [2.24, 2.45) is 5.73 Å². The van der Waals surface area contributed by atoms with Crippen molar-refractivity contribution in [3.63, 3.8) is 0 Å². The minimum atomic E-state index is -3.34. The van der Waals surface area contributed by atoms with Crippen LogP contribution in [0.2, 0.25) is 0 Å². The monoisotopic (exact) mass is 272 g/mol. The van der Waals surface area contributed by atoms with Gasteiger partial charge in [0.25, 0.3) is 0 Å². The van der Waals surface area contributed by atoms with Crippen LogP contribution in [0.25, 0.3) is 0 Å². The van der Waals surface area contributed by atoms with Crippen LogP contribution in [0.3, 0.4) is 0 Å². The Morgan fingerprint density at radius 2 is 2.06 bits per heavy atom. The van der Waals surface area contributed by atoms with Crippen LogP contribution in [0.15, 0.2) is 18.2 Å². The quantitative estimate of drug-likeness (QED) is 0.838. The number of methoxy groups -OCH3 is 1. The summed E-state index contributed by atoms with van der Waals surface area (Å²) in [6.07, 6.45) is 0.780. The van der Waals surface area contributed by atoms with Crippen LogP contribution >= 0.6 is 0 Å². The van der Waals surface area contributed by atoms with Crippen LogP contribution in [-0.4, -0.2) is 34.9 Å². The average Bonchev–Trinajstić information content (AvgIpc) is 2.36. The highest BCUT2D eigenvalue weighted by Crippen LogP contribution is 2.26. The van der Waals surface area contributed by atoms with E-state index in [9.17, 15) is 8.42 Å². The summed E-state index contributed by atoms with van der Waals surface area (Å²) < 4.78 is 30.3. The van der Waals surface area contributed by atoms with E-state index in [-0.39, 0.29) is 12.3 Å². The first kappa shape index (κ1) is 14.8. The van der Waals surface area contributed by atoms with Crippen LogP contribution < -0.4 is 14.8 Å². The van der Waals surface area contributed by atoms with Crippen LogP contribution in [0.4, 0.5) is 5.69 Å². The summed E-state index contributed by atoms with van der Waals surface area (Å²) in [4.78, 5) is 0. The molecule has 0 aliphatic heterocycles. The maximum atomic E-state index is 11.9. The number of hydrogen-bond acceptors (Lipinski definition) is 4. The van der Waals surface area contributed by atoms with Crippen LogP contribution in [-0.2, 0) is 16.4 Å². The smallest absolute Gasteiger partial charge is 0.236 e. The van der Waals surface area contributed by atoms with E-state index in [2.05, 4.69) is 0 Å². The van der Waals surface area contributed by atoms with Gasteiger partial charge in [0, 0.05) is 13.6 Å². The third-order valence-corrected chi connectivity index (χ3v) is 4.60. The SMILES string of the molecule is CCc1cc(N(C)S(=O)(=O)CCN)ccc1OC. The molecule has 18 heavy (non-hydrogen) atoms. The molecule has 0 heterocycles. The fraction of sp³-hybridized carbons (Fsp3) is 0.500. The van der Waals surface area contributed by atoms with Crippen molar-refractivity contribution in [2.75, 3.05) is 30.8 Å². The summed E-state index contributed by atoms with van der Waals surface area (Å²) in [5, 5.41) is 0. The summed E-state index contributed by atoms with van der Waals surface area (Å²) >= 11 is 0. The number of nitrogens with zero attached hydrogens (tertiary/aromatic N) is 1. The van der Waals surface area contributed by atoms with Gasteiger partial charge < -0.3 is 10.5 Å². The first-order valence-electron chi connectivity index (χ1n) is 5.79. The Labute approximate surface area is 109 Å². The molecule has 1 aromatic carbocycles. The van der Waals surface area contributed by atoms with Crippen LogP contribution in [0, 0.1) is 0 Å². The molecule has 0 amide bonds. The summed E-state index contributed by atoms with van der Waals surface area (Å²) in [6, 6.07) is 5.33. The zero-order valence-corrected chi connectivity index (χ0v) is 11.8. The Bertz CT molecular complexity index is 500. The lowest BCUT2D eigenvalue weighted by Crippen LogP contribution is -2.32. The number of hydrogen-bond donors (Lipinski definition) is 1. The molecule has 0 spiro atoms. The Morgan fingerprint density at radius 1 is 1.39 bits per heavy atom. The van der Waals surface area contributed by atoms with Crippen LogP contribution in [0.1, 0.15) is 12.5 Å². The fourth-order valence-corrected chi connectivity index (χ4v) is 2.69. The van der Waals surface area contributed by atoms with Crippen molar-refractivity contribution in [1.29, 1.82) is 0 Å². The van der Waals surface area contributed by atoms with E-state index in [0.29, 0.717) is 5.69 Å². The van der Waals surface area contributed by atoms with Gasteiger partial charge in [0.2, 0.25) is 10.0 Å². The molecule has 2 N–H and O–H groups in total. The average molecular weight is 272 g/mol. The molecule has 0 aliphatic rings. The predicted molar refractivity (Wildman–Crippen MR) is 73.6 cm³/mol. The molecule has 0 bridgehead atoms. The van der Waals surface area contributed by atoms with Gasteiger partial charge in [-0.3, -0.25) is 4.31 Å². The van der Waals surface area contributed by atoms with E-state index >= 15 is 0 Å². The molecule has 0 saturated heterocycles. The number of benzene rings is 1. The fourth-order valence-electron chi connectivity index (χ4n) is 1.68. The first-order chi connectivity index (χ1) is 8.46. The molecule has 5 nitrogen and oxygen atoms in total. The van der Waals surface area contributed by atoms with Crippen molar-refractivity contribution in [3.8, 4) is 5.75 Å². The Morgan fingerprint density at radius 3 is 2.56 bits per heavy atom. The highest BCUT2D eigenvalue weighted by Gasteiger charge is 2.18. The molecular weight excluding hydrogens is 252 g/mol. The van der Waals surface area contributed by atoms with Gasteiger partial charge in [0.05, 0.1) is 18.6 Å². The van der Waals surface area contributed by atoms with Crippen molar-refractivity contribution >= 4 is 15.7 Å². The van der Waals surface area contributed by atoms with E-state index < -0.39 is 10.0 Å². The largest absolute Gasteiger partial charge is 0.496 e. The molecule has 0 unspecified atom stereocenters. The lowest BCUT2D eigenvalue weighted by molar-refractivity contribution is 0.410. The van der Waals surface area contributed by atoms with E-state index in [1.165, 1.54) is 11.4 Å². The van der Waals surface area contributed by atoms with Crippen molar-refractivity contribution in [3.05, 3.63) is 23.8 Å². The van der Waals surface area contributed by atoms with Crippen molar-refractivity contribution in [1.82, 2.24) is 0 Å². The summed E-state index contributed by atoms with van der Waals surface area (Å²) in [5.74, 6) is 0.711. The van der Waals surface area contributed by atoms with Gasteiger partial charge in [-0.15, -0.1) is 0 Å². The Balaban J connectivity index is 3.11. The predicted octanol–water partition coefficient (Wildman–Crippen LogP) is 0.982. The molecular formula is C12H20N2O3S. The molecule has 0 saturated carbocycles. The zero-order valence-electron chi connectivity index (χ0n) is 11.0. The summed E-state index contributed by atoms with van der Waals surface area (Å²) in [6.45, 7) is 2.11. The molecule has 0 atom stereocenters. The highest BCUT2D eigenvalue weighted by atomic mass is 32.2. The van der Waals surface area contributed by atoms with E-state index in [0.717, 1.165) is 17.7 Å². The molecule has 1 aromatic rings. The maximum absolute atomic E-state index is 11.9. The van der Waals surface area contributed by atoms with E-state index in [1.807, 2.05) is 13.0 Å². The number of nitrogens with two attached hydrogens (primary N) is 1.